The Bertz CT molecular complexity index is 630. The van der Waals surface area contributed by atoms with E-state index in [1.54, 1.807) is 0 Å². The molecule has 0 spiro atoms. The van der Waals surface area contributed by atoms with Crippen LogP contribution in [0.25, 0.3) is 11.0 Å². The molecule has 0 atom stereocenters. The van der Waals surface area contributed by atoms with Gasteiger partial charge in [-0.1, -0.05) is 0 Å². The number of furan rings is 1. The maximum atomic E-state index is 11.5. The van der Waals surface area contributed by atoms with Crippen molar-refractivity contribution in [3.05, 3.63) is 34.1 Å². The first-order valence-corrected chi connectivity index (χ1v) is 4.91. The molecular weight excluding hydrogens is 242 g/mol. The number of nitrogens with zero attached hydrogens (tertiary/aromatic N) is 1. The van der Waals surface area contributed by atoms with Gasteiger partial charge in [-0.3, -0.25) is 10.1 Å². The highest BCUT2D eigenvalue weighted by Gasteiger charge is 2.23. The summed E-state index contributed by atoms with van der Waals surface area (Å²) >= 11 is 0. The summed E-state index contributed by atoms with van der Waals surface area (Å²) in [6, 6.07) is 3.97. The molecule has 0 radical (unpaired) electrons. The maximum Gasteiger partial charge on any atom is 0.377 e. The molecule has 2 rings (SSSR count). The molecule has 7 nitrogen and oxygen atoms in total. The van der Waals surface area contributed by atoms with Crippen LogP contribution in [-0.2, 0) is 4.74 Å². The predicted molar refractivity (Wildman–Crippen MR) is 60.8 cm³/mol. The SMILES string of the molecule is COC(=O)c1oc2ccc([N+](=O)[O-])cc2c1OC. The lowest BCUT2D eigenvalue weighted by molar-refractivity contribution is -0.384. The van der Waals surface area contributed by atoms with Crippen LogP contribution >= 0.6 is 0 Å². The fraction of sp³-hybridized carbons (Fsp3) is 0.182. The van der Waals surface area contributed by atoms with Crippen molar-refractivity contribution in [3.63, 3.8) is 0 Å². The number of ether oxygens (including phenoxy) is 2. The molecule has 18 heavy (non-hydrogen) atoms. The highest BCUT2D eigenvalue weighted by Crippen LogP contribution is 2.35. The van der Waals surface area contributed by atoms with E-state index in [9.17, 15) is 14.9 Å². The lowest BCUT2D eigenvalue weighted by atomic mass is 10.2. The van der Waals surface area contributed by atoms with Gasteiger partial charge >= 0.3 is 5.97 Å². The molecule has 1 aromatic carbocycles. The van der Waals surface area contributed by atoms with Crippen LogP contribution < -0.4 is 4.74 Å². The minimum atomic E-state index is -0.703. The smallest absolute Gasteiger partial charge is 0.377 e. The highest BCUT2D eigenvalue weighted by molar-refractivity contribution is 5.99. The molecular formula is C11H9NO6. The van der Waals surface area contributed by atoms with E-state index in [2.05, 4.69) is 4.74 Å². The zero-order valence-electron chi connectivity index (χ0n) is 9.63. The van der Waals surface area contributed by atoms with E-state index >= 15 is 0 Å². The quantitative estimate of drug-likeness (QED) is 0.471. The average Bonchev–Trinajstić information content (AvgIpc) is 2.74. The van der Waals surface area contributed by atoms with Gasteiger partial charge in [0, 0.05) is 12.1 Å². The van der Waals surface area contributed by atoms with Crippen LogP contribution in [0.4, 0.5) is 5.69 Å². The van der Waals surface area contributed by atoms with E-state index in [1.165, 1.54) is 32.4 Å². The second kappa shape index (κ2) is 4.36. The summed E-state index contributed by atoms with van der Waals surface area (Å²) in [4.78, 5) is 21.6. The van der Waals surface area contributed by atoms with Crippen molar-refractivity contribution in [3.8, 4) is 5.75 Å². The van der Waals surface area contributed by atoms with Crippen LogP contribution in [0.15, 0.2) is 22.6 Å². The average molecular weight is 251 g/mol. The molecule has 2 aromatic rings. The molecule has 1 aromatic heterocycles. The van der Waals surface area contributed by atoms with Crippen molar-refractivity contribution in [2.24, 2.45) is 0 Å². The van der Waals surface area contributed by atoms with Gasteiger partial charge in [0.1, 0.15) is 5.58 Å². The monoisotopic (exact) mass is 251 g/mol. The van der Waals surface area contributed by atoms with E-state index in [0.29, 0.717) is 11.0 Å². The summed E-state index contributed by atoms with van der Waals surface area (Å²) < 4.78 is 14.8. The van der Waals surface area contributed by atoms with Crippen molar-refractivity contribution in [1.29, 1.82) is 0 Å². The lowest BCUT2D eigenvalue weighted by Gasteiger charge is -1.98. The molecule has 0 saturated carbocycles. The highest BCUT2D eigenvalue weighted by atomic mass is 16.6. The molecule has 1 heterocycles. The lowest BCUT2D eigenvalue weighted by Crippen LogP contribution is -2.01. The van der Waals surface area contributed by atoms with Crippen molar-refractivity contribution in [2.45, 2.75) is 0 Å². The summed E-state index contributed by atoms with van der Waals surface area (Å²) in [5.41, 5.74) is 0.205. The summed E-state index contributed by atoms with van der Waals surface area (Å²) in [5, 5.41) is 11.0. The number of hydrogen-bond donors (Lipinski definition) is 0. The number of carbonyl (C=O) groups excluding carboxylic acids is 1. The van der Waals surface area contributed by atoms with Gasteiger partial charge in [0.05, 0.1) is 24.5 Å². The van der Waals surface area contributed by atoms with Gasteiger partial charge in [-0.15, -0.1) is 0 Å². The Labute approximate surface area is 101 Å². The first kappa shape index (κ1) is 11.9. The van der Waals surface area contributed by atoms with Gasteiger partial charge in [-0.2, -0.15) is 0 Å². The number of non-ortho nitro benzene ring substituents is 1. The molecule has 0 aliphatic rings. The molecule has 0 amide bonds. The van der Waals surface area contributed by atoms with Crippen LogP contribution in [0.3, 0.4) is 0 Å². The largest absolute Gasteiger partial charge is 0.492 e. The molecule has 0 bridgehead atoms. The number of nitro benzene ring substituents is 1. The second-order valence-corrected chi connectivity index (χ2v) is 3.39. The second-order valence-electron chi connectivity index (χ2n) is 3.39. The third-order valence-corrected chi connectivity index (χ3v) is 2.41. The number of benzene rings is 1. The van der Waals surface area contributed by atoms with Gasteiger partial charge in [-0.25, -0.2) is 4.79 Å². The zero-order chi connectivity index (χ0) is 13.3. The minimum Gasteiger partial charge on any atom is -0.492 e. The Morgan fingerprint density at radius 3 is 2.67 bits per heavy atom. The minimum absolute atomic E-state index is 0.113. The third kappa shape index (κ3) is 1.75. The van der Waals surface area contributed by atoms with Gasteiger partial charge in [0.15, 0.2) is 5.75 Å². The van der Waals surface area contributed by atoms with Gasteiger partial charge in [0.25, 0.3) is 11.4 Å². The standard InChI is InChI=1S/C11H9NO6/c1-16-9-7-5-6(12(14)15)3-4-8(7)18-10(9)11(13)17-2/h3-5H,1-2H3. The Morgan fingerprint density at radius 1 is 1.39 bits per heavy atom. The zero-order valence-corrected chi connectivity index (χ0v) is 9.63. The normalized spacial score (nSPS) is 10.3. The van der Waals surface area contributed by atoms with Crippen LogP contribution in [0.2, 0.25) is 0 Å². The molecule has 7 heteroatoms. The number of nitro groups is 1. The van der Waals surface area contributed by atoms with Crippen LogP contribution in [0, 0.1) is 10.1 Å². The first-order valence-electron chi connectivity index (χ1n) is 4.91. The summed E-state index contributed by atoms with van der Waals surface area (Å²) in [7, 11) is 2.55. The first-order chi connectivity index (χ1) is 8.58. The fourth-order valence-corrected chi connectivity index (χ4v) is 1.61. The number of hydrogen-bond acceptors (Lipinski definition) is 6. The maximum absolute atomic E-state index is 11.5. The molecule has 0 fully saturated rings. The summed E-state index contributed by atoms with van der Waals surface area (Å²) in [6.45, 7) is 0. The van der Waals surface area contributed by atoms with Gasteiger partial charge in [-0.05, 0) is 6.07 Å². The number of esters is 1. The number of fused-ring (bicyclic) bond motifs is 1. The Balaban J connectivity index is 2.70. The Morgan fingerprint density at radius 2 is 2.11 bits per heavy atom. The molecule has 0 saturated heterocycles. The van der Waals surface area contributed by atoms with E-state index in [4.69, 9.17) is 9.15 Å². The van der Waals surface area contributed by atoms with Crippen molar-refractivity contribution in [1.82, 2.24) is 0 Å². The number of methoxy groups -OCH3 is 2. The fourth-order valence-electron chi connectivity index (χ4n) is 1.61. The molecule has 0 N–H and O–H groups in total. The van der Waals surface area contributed by atoms with E-state index in [1.807, 2.05) is 0 Å². The molecule has 0 aliphatic carbocycles. The van der Waals surface area contributed by atoms with Crippen LogP contribution in [-0.4, -0.2) is 25.1 Å². The Hall–Kier alpha value is -2.57. The summed E-state index contributed by atoms with van der Waals surface area (Å²) in [6.07, 6.45) is 0. The molecule has 94 valence electrons. The van der Waals surface area contributed by atoms with E-state index < -0.39 is 10.9 Å². The molecule has 0 unspecified atom stereocenters. The van der Waals surface area contributed by atoms with Gasteiger partial charge in [0.2, 0.25) is 0 Å². The predicted octanol–water partition coefficient (Wildman–Crippen LogP) is 2.14. The van der Waals surface area contributed by atoms with Crippen LogP contribution in [0.5, 0.6) is 5.75 Å². The van der Waals surface area contributed by atoms with Gasteiger partial charge < -0.3 is 13.9 Å². The van der Waals surface area contributed by atoms with E-state index in [0.717, 1.165) is 0 Å². The molecule has 0 aliphatic heterocycles. The summed E-state index contributed by atoms with van der Waals surface area (Å²) in [5.74, 6) is -0.693. The van der Waals surface area contributed by atoms with Crippen LogP contribution in [0.1, 0.15) is 10.6 Å². The third-order valence-electron chi connectivity index (χ3n) is 2.41. The number of rotatable bonds is 3. The Kier molecular flexibility index (Phi) is 2.88. The topological polar surface area (TPSA) is 91.8 Å². The van der Waals surface area contributed by atoms with Crippen molar-refractivity contribution in [2.75, 3.05) is 14.2 Å². The van der Waals surface area contributed by atoms with Crippen molar-refractivity contribution >= 4 is 22.6 Å². The van der Waals surface area contributed by atoms with Crippen molar-refractivity contribution < 1.29 is 23.6 Å². The van der Waals surface area contributed by atoms with E-state index in [-0.39, 0.29) is 17.2 Å². The number of carbonyl (C=O) groups is 1.